The van der Waals surface area contributed by atoms with Gasteiger partial charge in [0.1, 0.15) is 13.2 Å². The van der Waals surface area contributed by atoms with Gasteiger partial charge in [0.2, 0.25) is 0 Å². The fourth-order valence-electron chi connectivity index (χ4n) is 7.52. The Hall–Kier alpha value is -3.93. The zero-order valence-corrected chi connectivity index (χ0v) is 44.8. The molecule has 0 saturated carbocycles. The topological polar surface area (TPSA) is 78.9 Å². The lowest BCUT2D eigenvalue weighted by Gasteiger charge is -2.18. The summed E-state index contributed by atoms with van der Waals surface area (Å²) >= 11 is 0. The van der Waals surface area contributed by atoms with Crippen molar-refractivity contribution in [3.8, 4) is 0 Å². The van der Waals surface area contributed by atoms with E-state index in [1.807, 2.05) is 18.2 Å². The van der Waals surface area contributed by atoms with Gasteiger partial charge >= 0.3 is 17.9 Å². The minimum atomic E-state index is -0.835. The highest BCUT2D eigenvalue weighted by atomic mass is 16.6. The predicted molar refractivity (Wildman–Crippen MR) is 297 cm³/mol. The summed E-state index contributed by atoms with van der Waals surface area (Å²) in [6, 6.07) is 0. The molecule has 0 fully saturated rings. The third-order valence-electron chi connectivity index (χ3n) is 11.8. The number of carbonyl (C=O) groups excluding carboxylic acids is 3. The van der Waals surface area contributed by atoms with Crippen molar-refractivity contribution < 1.29 is 28.6 Å². The molecule has 6 nitrogen and oxygen atoms in total. The van der Waals surface area contributed by atoms with Crippen LogP contribution in [0, 0.1) is 0 Å². The number of esters is 3. The van der Waals surface area contributed by atoms with E-state index in [0.717, 1.165) is 70.6 Å². The van der Waals surface area contributed by atoms with Gasteiger partial charge in [-0.05, 0) is 103 Å². The smallest absolute Gasteiger partial charge is 0.306 e. The second-order valence-corrected chi connectivity index (χ2v) is 18.5. The Bertz CT molecular complexity index is 1420. The molecule has 0 aliphatic heterocycles. The molecule has 0 spiro atoms. The van der Waals surface area contributed by atoms with Gasteiger partial charge < -0.3 is 14.2 Å². The molecular formula is C63H104O6. The molecule has 1 atom stereocenters. The van der Waals surface area contributed by atoms with Crippen LogP contribution in [0.2, 0.25) is 0 Å². The lowest BCUT2D eigenvalue weighted by Crippen LogP contribution is -2.30. The van der Waals surface area contributed by atoms with Crippen LogP contribution in [-0.4, -0.2) is 37.2 Å². The summed E-state index contributed by atoms with van der Waals surface area (Å²) in [5.74, 6) is -1.09. The molecule has 1 unspecified atom stereocenters. The minimum Gasteiger partial charge on any atom is -0.462 e. The molecule has 0 rings (SSSR count). The first-order chi connectivity index (χ1) is 34.0. The van der Waals surface area contributed by atoms with Crippen molar-refractivity contribution in [2.45, 2.75) is 258 Å². The normalized spacial score (nSPS) is 12.9. The average Bonchev–Trinajstić information content (AvgIpc) is 3.35. The molecular weight excluding hydrogens is 853 g/mol. The van der Waals surface area contributed by atoms with E-state index in [0.29, 0.717) is 19.3 Å². The lowest BCUT2D eigenvalue weighted by atomic mass is 10.1. The number of ether oxygens (including phenoxy) is 3. The third kappa shape index (κ3) is 54.9. The molecule has 0 aromatic heterocycles. The molecule has 0 aliphatic rings. The van der Waals surface area contributed by atoms with Crippen molar-refractivity contribution in [3.05, 3.63) is 109 Å². The molecule has 0 radical (unpaired) electrons. The lowest BCUT2D eigenvalue weighted by molar-refractivity contribution is -0.166. The highest BCUT2D eigenvalue weighted by Gasteiger charge is 2.19. The van der Waals surface area contributed by atoms with Crippen molar-refractivity contribution in [2.75, 3.05) is 13.2 Å². The summed E-state index contributed by atoms with van der Waals surface area (Å²) < 4.78 is 16.7. The van der Waals surface area contributed by atoms with Crippen molar-refractivity contribution in [3.63, 3.8) is 0 Å². The summed E-state index contributed by atoms with van der Waals surface area (Å²) in [5.41, 5.74) is 0. The summed E-state index contributed by atoms with van der Waals surface area (Å²) in [5, 5.41) is 0. The Morgan fingerprint density at radius 3 is 0.957 bits per heavy atom. The van der Waals surface area contributed by atoms with Crippen LogP contribution in [0.25, 0.3) is 0 Å². The number of hydrogen-bond acceptors (Lipinski definition) is 6. The molecule has 0 bridgehead atoms. The highest BCUT2D eigenvalue weighted by Crippen LogP contribution is 2.14. The second kappa shape index (κ2) is 56.7. The molecule has 0 amide bonds. The average molecular weight is 958 g/mol. The van der Waals surface area contributed by atoms with E-state index in [4.69, 9.17) is 14.2 Å². The van der Waals surface area contributed by atoms with Gasteiger partial charge in [-0.2, -0.15) is 0 Å². The molecule has 0 saturated heterocycles. The Labute approximate surface area is 425 Å². The van der Waals surface area contributed by atoms with Gasteiger partial charge in [-0.15, -0.1) is 0 Å². The van der Waals surface area contributed by atoms with Crippen LogP contribution in [-0.2, 0) is 28.6 Å². The van der Waals surface area contributed by atoms with Crippen LogP contribution >= 0.6 is 0 Å². The molecule has 0 heterocycles. The van der Waals surface area contributed by atoms with Crippen LogP contribution in [0.4, 0.5) is 0 Å². The predicted octanol–water partition coefficient (Wildman–Crippen LogP) is 19.1. The number of unbranched alkanes of at least 4 members (excludes halogenated alkanes) is 21. The van der Waals surface area contributed by atoms with E-state index in [-0.39, 0.29) is 44.0 Å². The Kier molecular flexibility index (Phi) is 53.4. The fourth-order valence-corrected chi connectivity index (χ4v) is 7.52. The first-order valence-corrected chi connectivity index (χ1v) is 28.4. The third-order valence-corrected chi connectivity index (χ3v) is 11.8. The molecule has 0 aromatic rings. The van der Waals surface area contributed by atoms with Crippen molar-refractivity contribution in [1.29, 1.82) is 0 Å². The second-order valence-electron chi connectivity index (χ2n) is 18.5. The zero-order chi connectivity index (χ0) is 50.0. The maximum Gasteiger partial charge on any atom is 0.306 e. The van der Waals surface area contributed by atoms with E-state index in [1.165, 1.54) is 128 Å². The molecule has 392 valence electrons. The fraction of sp³-hybridized carbons (Fsp3) is 0.667. The number of rotatable bonds is 50. The van der Waals surface area contributed by atoms with Gasteiger partial charge in [0.15, 0.2) is 6.10 Å². The zero-order valence-electron chi connectivity index (χ0n) is 44.8. The van der Waals surface area contributed by atoms with Crippen molar-refractivity contribution in [1.82, 2.24) is 0 Å². The molecule has 0 N–H and O–H groups in total. The summed E-state index contributed by atoms with van der Waals surface area (Å²) in [6.07, 6.45) is 76.8. The summed E-state index contributed by atoms with van der Waals surface area (Å²) in [6.45, 7) is 6.40. The van der Waals surface area contributed by atoms with E-state index in [9.17, 15) is 14.4 Å². The summed E-state index contributed by atoms with van der Waals surface area (Å²) in [7, 11) is 0. The molecule has 0 aliphatic carbocycles. The van der Waals surface area contributed by atoms with Gasteiger partial charge in [0.05, 0.1) is 0 Å². The Morgan fingerprint density at radius 2 is 0.594 bits per heavy atom. The molecule has 69 heavy (non-hydrogen) atoms. The molecule has 0 aromatic carbocycles. The van der Waals surface area contributed by atoms with Gasteiger partial charge in [-0.25, -0.2) is 0 Å². The monoisotopic (exact) mass is 957 g/mol. The molecule has 6 heteroatoms. The van der Waals surface area contributed by atoms with E-state index < -0.39 is 6.10 Å². The van der Waals surface area contributed by atoms with Gasteiger partial charge in [0.25, 0.3) is 0 Å². The number of hydrogen-bond donors (Lipinski definition) is 0. The highest BCUT2D eigenvalue weighted by molar-refractivity contribution is 5.71. The first kappa shape index (κ1) is 65.1. The van der Waals surface area contributed by atoms with Crippen molar-refractivity contribution in [2.24, 2.45) is 0 Å². The number of allylic oxidation sites excluding steroid dienone is 18. The van der Waals surface area contributed by atoms with Crippen LogP contribution < -0.4 is 0 Å². The van der Waals surface area contributed by atoms with E-state index >= 15 is 0 Å². The number of carbonyl (C=O) groups is 3. The quantitative estimate of drug-likeness (QED) is 0.0262. The van der Waals surface area contributed by atoms with E-state index in [2.05, 4.69) is 112 Å². The van der Waals surface area contributed by atoms with Gasteiger partial charge in [-0.3, -0.25) is 14.4 Å². The Balaban J connectivity index is 4.54. The van der Waals surface area contributed by atoms with Gasteiger partial charge in [-0.1, -0.05) is 239 Å². The van der Waals surface area contributed by atoms with E-state index in [1.54, 1.807) is 0 Å². The van der Waals surface area contributed by atoms with Crippen LogP contribution in [0.5, 0.6) is 0 Å². The standard InChI is InChI=1S/C63H104O6/c1-4-7-10-13-16-19-22-25-27-29-31-33-35-38-41-44-47-50-53-56-62(65)68-59-60(58-67-61(64)55-52-49-46-43-40-37-24-21-18-15-12-9-6-3)69-63(66)57-54-51-48-45-42-39-36-34-32-30-28-26-23-20-17-14-11-8-5-2/h7,10,16,19,25,27,30-33,37-38,40-41,46-47,49-50,60H,4-6,8-9,11-15,17-18,20-24,26,28-29,34-36,39,42-45,48,51-59H2,1-3H3/b10-7-,19-16-,27-25-,32-30-,33-31-,40-37-,41-38-,49-46-,50-47-. The van der Waals surface area contributed by atoms with Crippen LogP contribution in [0.15, 0.2) is 109 Å². The van der Waals surface area contributed by atoms with Crippen LogP contribution in [0.1, 0.15) is 252 Å². The SMILES string of the molecule is CC/C=C\C/C=C\C/C=C\C/C=C\C/C=C\C/C=C\CCC(=O)OCC(COC(=O)CC/C=C\C/C=C\CCCCCCCC)OC(=O)CCCCCCCCC/C=C\CCCCCCCCCC. The summed E-state index contributed by atoms with van der Waals surface area (Å²) in [4.78, 5) is 38.0. The maximum atomic E-state index is 12.8. The van der Waals surface area contributed by atoms with Gasteiger partial charge in [0, 0.05) is 19.3 Å². The Morgan fingerprint density at radius 1 is 0.304 bits per heavy atom. The maximum absolute atomic E-state index is 12.8. The first-order valence-electron chi connectivity index (χ1n) is 28.4. The van der Waals surface area contributed by atoms with Crippen LogP contribution in [0.3, 0.4) is 0 Å². The minimum absolute atomic E-state index is 0.135. The largest absolute Gasteiger partial charge is 0.462 e. The van der Waals surface area contributed by atoms with Crippen molar-refractivity contribution >= 4 is 17.9 Å².